The molecule has 27 heavy (non-hydrogen) atoms. The first kappa shape index (κ1) is 20.1. The highest BCUT2D eigenvalue weighted by Gasteiger charge is 2.27. The Morgan fingerprint density at radius 3 is 2.37 bits per heavy atom. The Hall–Kier alpha value is -3.22. The van der Waals surface area contributed by atoms with Crippen LogP contribution in [0.15, 0.2) is 54.6 Å². The monoisotopic (exact) mass is 369 g/mol. The first-order chi connectivity index (χ1) is 12.9. The number of carbonyl (C=O) groups excluding carboxylic acids is 2. The molecule has 0 saturated carbocycles. The quantitative estimate of drug-likeness (QED) is 0.572. The third-order valence-corrected chi connectivity index (χ3v) is 4.24. The minimum absolute atomic E-state index is 0.101. The molecule has 0 aromatic heterocycles. The highest BCUT2D eigenvalue weighted by atomic mass is 16.6. The Morgan fingerprint density at radius 1 is 1.11 bits per heavy atom. The average Bonchev–Trinajstić information content (AvgIpc) is 2.66. The lowest BCUT2D eigenvalue weighted by Gasteiger charge is -2.28. The molecule has 2 aromatic rings. The summed E-state index contributed by atoms with van der Waals surface area (Å²) >= 11 is 0. The molecule has 0 bridgehead atoms. The Labute approximate surface area is 158 Å². The summed E-state index contributed by atoms with van der Waals surface area (Å²) in [5.74, 6) is -0.601. The molecule has 0 aliphatic heterocycles. The minimum Gasteiger partial charge on any atom is -0.355 e. The predicted octanol–water partition coefficient (Wildman–Crippen LogP) is 2.69. The van der Waals surface area contributed by atoms with E-state index in [0.29, 0.717) is 12.1 Å². The van der Waals surface area contributed by atoms with Gasteiger partial charge in [0.1, 0.15) is 6.04 Å². The zero-order valence-corrected chi connectivity index (χ0v) is 15.4. The van der Waals surface area contributed by atoms with Gasteiger partial charge in [-0.1, -0.05) is 48.5 Å². The summed E-state index contributed by atoms with van der Waals surface area (Å²) in [5, 5.41) is 13.9. The van der Waals surface area contributed by atoms with Gasteiger partial charge >= 0.3 is 0 Å². The van der Waals surface area contributed by atoms with E-state index in [4.69, 9.17) is 0 Å². The van der Waals surface area contributed by atoms with Gasteiger partial charge in [-0.3, -0.25) is 19.7 Å². The van der Waals surface area contributed by atoms with E-state index in [1.807, 2.05) is 30.3 Å². The minimum atomic E-state index is -0.694. The van der Waals surface area contributed by atoms with Crippen molar-refractivity contribution in [2.45, 2.75) is 32.9 Å². The van der Waals surface area contributed by atoms with Gasteiger partial charge in [0.25, 0.3) is 5.69 Å². The number of likely N-dealkylation sites (N-methyl/N-ethyl adjacent to an activating group) is 1. The number of nitrogens with zero attached hydrogens (tertiary/aromatic N) is 2. The highest BCUT2D eigenvalue weighted by Crippen LogP contribution is 2.20. The molecule has 0 aliphatic carbocycles. The molecule has 2 aromatic carbocycles. The van der Waals surface area contributed by atoms with Crippen molar-refractivity contribution in [2.24, 2.45) is 0 Å². The first-order valence-corrected chi connectivity index (χ1v) is 8.77. The number of nitro groups is 1. The molecule has 0 unspecified atom stereocenters. The fourth-order valence-corrected chi connectivity index (χ4v) is 2.79. The van der Waals surface area contributed by atoms with Crippen LogP contribution in [0.3, 0.4) is 0 Å². The maximum Gasteiger partial charge on any atom is 0.273 e. The van der Waals surface area contributed by atoms with Crippen molar-refractivity contribution in [3.63, 3.8) is 0 Å². The summed E-state index contributed by atoms with van der Waals surface area (Å²) in [6.45, 7) is 4.17. The van der Waals surface area contributed by atoms with Gasteiger partial charge in [0.2, 0.25) is 11.8 Å². The van der Waals surface area contributed by atoms with Gasteiger partial charge in [-0.2, -0.15) is 0 Å². The van der Waals surface area contributed by atoms with Crippen LogP contribution in [0.1, 0.15) is 25.0 Å². The van der Waals surface area contributed by atoms with Crippen LogP contribution < -0.4 is 5.32 Å². The number of rotatable bonds is 8. The molecular formula is C20H23N3O4. The van der Waals surface area contributed by atoms with Crippen molar-refractivity contribution in [3.05, 3.63) is 75.8 Å². The summed E-state index contributed by atoms with van der Waals surface area (Å²) in [4.78, 5) is 37.4. The molecule has 0 saturated heterocycles. The lowest BCUT2D eigenvalue weighted by Crippen LogP contribution is -2.48. The van der Waals surface area contributed by atoms with Crippen LogP contribution in [0, 0.1) is 10.1 Å². The Bertz CT molecular complexity index is 808. The van der Waals surface area contributed by atoms with Crippen LogP contribution in [0.2, 0.25) is 0 Å². The summed E-state index contributed by atoms with van der Waals surface area (Å²) in [6.07, 6.45) is -0.145. The van der Waals surface area contributed by atoms with Crippen molar-refractivity contribution >= 4 is 17.5 Å². The molecular weight excluding hydrogens is 346 g/mol. The molecule has 0 heterocycles. The molecule has 0 spiro atoms. The zero-order valence-electron chi connectivity index (χ0n) is 15.4. The topological polar surface area (TPSA) is 92.6 Å². The van der Waals surface area contributed by atoms with E-state index in [2.05, 4.69) is 5.32 Å². The fourth-order valence-electron chi connectivity index (χ4n) is 2.79. The Balaban J connectivity index is 2.27. The van der Waals surface area contributed by atoms with Crippen LogP contribution in [0.4, 0.5) is 5.69 Å². The van der Waals surface area contributed by atoms with Gasteiger partial charge in [-0.05, 0) is 19.4 Å². The van der Waals surface area contributed by atoms with Gasteiger partial charge in [0.15, 0.2) is 0 Å². The van der Waals surface area contributed by atoms with Gasteiger partial charge < -0.3 is 10.2 Å². The second kappa shape index (κ2) is 9.47. The lowest BCUT2D eigenvalue weighted by molar-refractivity contribution is -0.385. The number of nitro benzene ring substituents is 1. The van der Waals surface area contributed by atoms with Crippen molar-refractivity contribution in [1.29, 1.82) is 0 Å². The molecule has 7 heteroatoms. The van der Waals surface area contributed by atoms with Crippen LogP contribution in [0.25, 0.3) is 0 Å². The Morgan fingerprint density at radius 2 is 1.74 bits per heavy atom. The fraction of sp³-hybridized carbons (Fsp3) is 0.300. The van der Waals surface area contributed by atoms with Crippen molar-refractivity contribution in [1.82, 2.24) is 10.2 Å². The summed E-state index contributed by atoms with van der Waals surface area (Å²) in [6, 6.07) is 14.8. The maximum atomic E-state index is 13.0. The molecule has 2 rings (SSSR count). The molecule has 2 amide bonds. The summed E-state index contributed by atoms with van der Waals surface area (Å²) in [7, 11) is 0. The smallest absolute Gasteiger partial charge is 0.273 e. The molecule has 142 valence electrons. The van der Waals surface area contributed by atoms with Gasteiger partial charge in [-0.25, -0.2) is 0 Å². The highest BCUT2D eigenvalue weighted by molar-refractivity contribution is 5.88. The molecule has 7 nitrogen and oxygen atoms in total. The van der Waals surface area contributed by atoms with E-state index in [1.165, 1.54) is 11.0 Å². The van der Waals surface area contributed by atoms with Crippen LogP contribution in [-0.2, 0) is 22.6 Å². The lowest BCUT2D eigenvalue weighted by atomic mass is 10.1. The molecule has 0 radical (unpaired) electrons. The molecule has 1 N–H and O–H groups in total. The standard InChI is InChI=1S/C20H23N3O4/c1-3-21-20(25)15(2)22(14-16-9-5-4-6-10-16)19(24)13-17-11-7-8-12-18(17)23(26)27/h4-12,15H,3,13-14H2,1-2H3,(H,21,25)/t15-/m1/s1. The summed E-state index contributed by atoms with van der Waals surface area (Å²) in [5.41, 5.74) is 1.11. The maximum absolute atomic E-state index is 13.0. The van der Waals surface area contributed by atoms with E-state index in [0.717, 1.165) is 5.56 Å². The number of carbonyl (C=O) groups is 2. The van der Waals surface area contributed by atoms with Crippen molar-refractivity contribution in [3.8, 4) is 0 Å². The van der Waals surface area contributed by atoms with Crippen LogP contribution >= 0.6 is 0 Å². The third-order valence-electron chi connectivity index (χ3n) is 4.24. The average molecular weight is 369 g/mol. The second-order valence-electron chi connectivity index (χ2n) is 6.14. The molecule has 0 fully saturated rings. The van der Waals surface area contributed by atoms with Crippen LogP contribution in [-0.4, -0.2) is 34.2 Å². The zero-order chi connectivity index (χ0) is 19.8. The van der Waals surface area contributed by atoms with Crippen molar-refractivity contribution in [2.75, 3.05) is 6.54 Å². The van der Waals surface area contributed by atoms with Crippen molar-refractivity contribution < 1.29 is 14.5 Å². The number of nitrogens with one attached hydrogen (secondary N) is 1. The number of hydrogen-bond acceptors (Lipinski definition) is 4. The summed E-state index contributed by atoms with van der Waals surface area (Å²) < 4.78 is 0. The first-order valence-electron chi connectivity index (χ1n) is 8.77. The van der Waals surface area contributed by atoms with Gasteiger partial charge in [-0.15, -0.1) is 0 Å². The number of benzene rings is 2. The van der Waals surface area contributed by atoms with Gasteiger partial charge in [0, 0.05) is 24.7 Å². The largest absolute Gasteiger partial charge is 0.355 e. The number of para-hydroxylation sites is 1. The van der Waals surface area contributed by atoms with Gasteiger partial charge in [0.05, 0.1) is 11.3 Å². The predicted molar refractivity (Wildman–Crippen MR) is 102 cm³/mol. The number of hydrogen-bond donors (Lipinski definition) is 1. The normalized spacial score (nSPS) is 11.5. The van der Waals surface area contributed by atoms with E-state index >= 15 is 0 Å². The molecule has 1 atom stereocenters. The second-order valence-corrected chi connectivity index (χ2v) is 6.14. The molecule has 0 aliphatic rings. The van der Waals surface area contributed by atoms with E-state index in [-0.39, 0.29) is 30.5 Å². The third kappa shape index (κ3) is 5.37. The van der Waals surface area contributed by atoms with E-state index in [9.17, 15) is 19.7 Å². The Kier molecular flexibility index (Phi) is 7.05. The number of amides is 2. The van der Waals surface area contributed by atoms with E-state index < -0.39 is 11.0 Å². The van der Waals surface area contributed by atoms with E-state index in [1.54, 1.807) is 32.0 Å². The SMILES string of the molecule is CCNC(=O)[C@@H](C)N(Cc1ccccc1)C(=O)Cc1ccccc1[N+](=O)[O-]. The van der Waals surface area contributed by atoms with Crippen LogP contribution in [0.5, 0.6) is 0 Å².